The van der Waals surface area contributed by atoms with E-state index in [9.17, 15) is 16.8 Å². The number of thioether (sulfide) groups is 1. The van der Waals surface area contributed by atoms with E-state index < -0.39 is 26.4 Å². The van der Waals surface area contributed by atoms with E-state index in [4.69, 9.17) is 9.54 Å². The summed E-state index contributed by atoms with van der Waals surface area (Å²) < 4.78 is 61.9. The van der Waals surface area contributed by atoms with Gasteiger partial charge in [0.2, 0.25) is 10.0 Å². The standard InChI is InChI=1S/C24H27N3O5S4/c28-35(29,15-5-8-18-6-2-1-3-7-18)27-21(22-17-34-24(25-22)23-9-4-14-33-23)16-19-10-12-20(13-11-19)26-36(30,31)32/h1-3,6-7,9-13,17,21,26-27H,4-5,8,14-16H2,(H,30,31,32)/t21-/m0/s1. The number of sulfonamides is 1. The molecule has 0 fully saturated rings. The fraction of sp³-hybridized carbons (Fsp3) is 0.292. The van der Waals surface area contributed by atoms with Gasteiger partial charge in [-0.2, -0.15) is 8.42 Å². The molecule has 2 heterocycles. The second-order valence-electron chi connectivity index (χ2n) is 8.34. The summed E-state index contributed by atoms with van der Waals surface area (Å²) in [6.45, 7) is 0. The Bertz CT molecular complexity index is 1400. The molecule has 0 saturated heterocycles. The summed E-state index contributed by atoms with van der Waals surface area (Å²) in [4.78, 5) is 5.87. The summed E-state index contributed by atoms with van der Waals surface area (Å²) in [5.41, 5.74) is 2.74. The first-order chi connectivity index (χ1) is 17.2. The number of anilines is 1. The lowest BCUT2D eigenvalue weighted by atomic mass is 10.0. The van der Waals surface area contributed by atoms with E-state index >= 15 is 0 Å². The molecule has 1 aliphatic heterocycles. The second-order valence-corrected chi connectivity index (χ2v) is 13.4. The number of aromatic nitrogens is 1. The maximum atomic E-state index is 13.0. The highest BCUT2D eigenvalue weighted by Crippen LogP contribution is 2.36. The predicted octanol–water partition coefficient (Wildman–Crippen LogP) is 4.67. The molecule has 3 aromatic rings. The average Bonchev–Trinajstić information content (AvgIpc) is 3.52. The van der Waals surface area contributed by atoms with Gasteiger partial charge in [-0.05, 0) is 48.9 Å². The van der Waals surface area contributed by atoms with E-state index in [2.05, 4.69) is 10.8 Å². The fourth-order valence-corrected chi connectivity index (χ4v) is 7.52. The molecule has 36 heavy (non-hydrogen) atoms. The SMILES string of the molecule is O=S(=O)(O)Nc1ccc(C[C@H](NS(=O)(=O)CCCc2ccccc2)c2csc(C3=CCCS3)n2)cc1. The van der Waals surface area contributed by atoms with Gasteiger partial charge in [0.05, 0.1) is 23.2 Å². The lowest BCUT2D eigenvalue weighted by molar-refractivity contribution is 0.489. The third-order valence-electron chi connectivity index (χ3n) is 5.48. The van der Waals surface area contributed by atoms with Crippen LogP contribution in [0.2, 0.25) is 0 Å². The van der Waals surface area contributed by atoms with Crippen molar-refractivity contribution in [2.75, 3.05) is 16.2 Å². The highest BCUT2D eigenvalue weighted by molar-refractivity contribution is 8.08. The monoisotopic (exact) mass is 565 g/mol. The van der Waals surface area contributed by atoms with Crippen LogP contribution in [0.4, 0.5) is 5.69 Å². The van der Waals surface area contributed by atoms with Gasteiger partial charge in [-0.1, -0.05) is 48.5 Å². The predicted molar refractivity (Wildman–Crippen MR) is 147 cm³/mol. The first kappa shape index (κ1) is 26.8. The topological polar surface area (TPSA) is 125 Å². The van der Waals surface area contributed by atoms with E-state index in [-0.39, 0.29) is 11.4 Å². The highest BCUT2D eigenvalue weighted by Gasteiger charge is 2.23. The van der Waals surface area contributed by atoms with Crippen LogP contribution in [-0.2, 0) is 33.2 Å². The molecule has 4 rings (SSSR count). The lowest BCUT2D eigenvalue weighted by Crippen LogP contribution is -2.32. The Morgan fingerprint density at radius 2 is 1.75 bits per heavy atom. The minimum atomic E-state index is -4.37. The molecular weight excluding hydrogens is 539 g/mol. The van der Waals surface area contributed by atoms with Gasteiger partial charge in [-0.15, -0.1) is 23.1 Å². The Kier molecular flexibility index (Phi) is 8.86. The van der Waals surface area contributed by atoms with Crippen LogP contribution in [0.1, 0.15) is 40.7 Å². The summed E-state index contributed by atoms with van der Waals surface area (Å²) in [6.07, 6.45) is 4.64. The first-order valence-corrected chi connectivity index (χ1v) is 16.3. The second kappa shape index (κ2) is 11.9. The third-order valence-corrected chi connectivity index (χ3v) is 9.58. The zero-order valence-corrected chi connectivity index (χ0v) is 22.6. The van der Waals surface area contributed by atoms with Gasteiger partial charge in [0.25, 0.3) is 0 Å². The smallest absolute Gasteiger partial charge is 0.269 e. The Labute approximate surface area is 220 Å². The molecule has 12 heteroatoms. The third kappa shape index (κ3) is 8.15. The molecule has 0 aliphatic carbocycles. The average molecular weight is 566 g/mol. The molecule has 8 nitrogen and oxygen atoms in total. The molecule has 0 bridgehead atoms. The number of nitrogens with one attached hydrogen (secondary N) is 2. The first-order valence-electron chi connectivity index (χ1n) is 11.3. The Morgan fingerprint density at radius 3 is 2.42 bits per heavy atom. The number of hydrogen-bond donors (Lipinski definition) is 3. The minimum Gasteiger partial charge on any atom is -0.269 e. The molecule has 1 atom stereocenters. The van der Waals surface area contributed by atoms with Crippen molar-refractivity contribution >= 4 is 54.0 Å². The number of aryl methyl sites for hydroxylation is 1. The van der Waals surface area contributed by atoms with Gasteiger partial charge >= 0.3 is 10.3 Å². The Morgan fingerprint density at radius 1 is 1.00 bits per heavy atom. The van der Waals surface area contributed by atoms with E-state index in [1.54, 1.807) is 23.9 Å². The van der Waals surface area contributed by atoms with Gasteiger partial charge in [-0.3, -0.25) is 9.27 Å². The Hall–Kier alpha value is -2.22. The minimum absolute atomic E-state index is 0.00634. The van der Waals surface area contributed by atoms with Crippen molar-refractivity contribution in [3.8, 4) is 0 Å². The molecule has 3 N–H and O–H groups in total. The van der Waals surface area contributed by atoms with Crippen LogP contribution in [0.3, 0.4) is 0 Å². The zero-order chi connectivity index (χ0) is 25.6. The van der Waals surface area contributed by atoms with E-state index in [1.807, 2.05) is 40.4 Å². The number of rotatable bonds is 12. The maximum absolute atomic E-state index is 13.0. The molecule has 0 spiro atoms. The zero-order valence-electron chi connectivity index (χ0n) is 19.3. The Balaban J connectivity index is 1.49. The van der Waals surface area contributed by atoms with Crippen LogP contribution in [0.15, 0.2) is 66.1 Å². The maximum Gasteiger partial charge on any atom is 0.357 e. The summed E-state index contributed by atoms with van der Waals surface area (Å²) in [5, 5.41) is 2.77. The van der Waals surface area contributed by atoms with Crippen molar-refractivity contribution in [1.29, 1.82) is 0 Å². The fourth-order valence-electron chi connectivity index (χ4n) is 3.81. The number of benzene rings is 2. The molecular formula is C24H27N3O5S4. The number of allylic oxidation sites excluding steroid dienone is 1. The van der Waals surface area contributed by atoms with Crippen LogP contribution in [-0.4, -0.2) is 37.9 Å². The van der Waals surface area contributed by atoms with Crippen molar-refractivity contribution in [2.24, 2.45) is 0 Å². The molecule has 0 amide bonds. The normalized spacial score (nSPS) is 15.0. The molecule has 0 saturated carbocycles. The van der Waals surface area contributed by atoms with Crippen molar-refractivity contribution < 1.29 is 21.4 Å². The summed E-state index contributed by atoms with van der Waals surface area (Å²) in [7, 11) is -7.96. The molecule has 0 radical (unpaired) electrons. The van der Waals surface area contributed by atoms with Crippen LogP contribution in [0.25, 0.3) is 4.91 Å². The van der Waals surface area contributed by atoms with Crippen LogP contribution in [0, 0.1) is 0 Å². The van der Waals surface area contributed by atoms with Gasteiger partial charge in [0.15, 0.2) is 0 Å². The summed E-state index contributed by atoms with van der Waals surface area (Å²) in [5.74, 6) is 1.01. The molecule has 2 aromatic carbocycles. The number of thiazole rings is 1. The van der Waals surface area contributed by atoms with Crippen molar-refractivity contribution in [2.45, 2.75) is 31.7 Å². The van der Waals surface area contributed by atoms with Crippen molar-refractivity contribution in [3.05, 3.63) is 87.9 Å². The lowest BCUT2D eigenvalue weighted by Gasteiger charge is -2.18. The number of hydrogen-bond acceptors (Lipinski definition) is 7. The molecule has 1 aliphatic rings. The van der Waals surface area contributed by atoms with Gasteiger partial charge in [0, 0.05) is 16.0 Å². The largest absolute Gasteiger partial charge is 0.357 e. The molecule has 192 valence electrons. The van der Waals surface area contributed by atoms with E-state index in [1.165, 1.54) is 23.5 Å². The number of nitrogens with zero attached hydrogens (tertiary/aromatic N) is 1. The van der Waals surface area contributed by atoms with Crippen molar-refractivity contribution in [3.63, 3.8) is 0 Å². The van der Waals surface area contributed by atoms with E-state index in [0.29, 0.717) is 25.0 Å². The van der Waals surface area contributed by atoms with Crippen molar-refractivity contribution in [1.82, 2.24) is 9.71 Å². The van der Waals surface area contributed by atoms with Gasteiger partial charge in [0.1, 0.15) is 5.01 Å². The van der Waals surface area contributed by atoms with Gasteiger partial charge < -0.3 is 0 Å². The highest BCUT2D eigenvalue weighted by atomic mass is 32.2. The molecule has 1 aromatic heterocycles. The quantitative estimate of drug-likeness (QED) is 0.273. The summed E-state index contributed by atoms with van der Waals surface area (Å²) in [6, 6.07) is 15.6. The van der Waals surface area contributed by atoms with E-state index in [0.717, 1.165) is 33.2 Å². The van der Waals surface area contributed by atoms with Crippen LogP contribution in [0.5, 0.6) is 0 Å². The molecule has 0 unspecified atom stereocenters. The summed E-state index contributed by atoms with van der Waals surface area (Å²) >= 11 is 3.24. The van der Waals surface area contributed by atoms with Crippen LogP contribution >= 0.6 is 23.1 Å². The van der Waals surface area contributed by atoms with Crippen LogP contribution < -0.4 is 9.44 Å². The van der Waals surface area contributed by atoms with Gasteiger partial charge in [-0.25, -0.2) is 18.1 Å².